The molecule has 14 heavy (non-hydrogen) atoms. The third kappa shape index (κ3) is 8.60. The number of ether oxygens (including phenoxy) is 1. The second kappa shape index (κ2) is 8.33. The molecule has 0 spiro atoms. The van der Waals surface area contributed by atoms with Gasteiger partial charge < -0.3 is 4.74 Å². The third-order valence-corrected chi connectivity index (χ3v) is 4.30. The molecule has 0 aliphatic rings. The fourth-order valence-electron chi connectivity index (χ4n) is 0.866. The van der Waals surface area contributed by atoms with E-state index in [0.29, 0.717) is 12.2 Å². The predicted molar refractivity (Wildman–Crippen MR) is 63.9 cm³/mol. The van der Waals surface area contributed by atoms with Gasteiger partial charge in [-0.05, 0) is 13.3 Å². The molecule has 0 aliphatic heterocycles. The molecular weight excluding hydrogens is 239 g/mol. The molecule has 0 saturated heterocycles. The van der Waals surface area contributed by atoms with Crippen LogP contribution in [0.3, 0.4) is 0 Å². The zero-order valence-electron chi connectivity index (χ0n) is 8.39. The van der Waals surface area contributed by atoms with Crippen LogP contribution in [0.25, 0.3) is 0 Å². The van der Waals surface area contributed by atoms with Crippen molar-refractivity contribution in [1.29, 1.82) is 0 Å². The van der Waals surface area contributed by atoms with E-state index in [2.05, 4.69) is 6.58 Å². The highest BCUT2D eigenvalue weighted by atomic mass is 35.5. The summed E-state index contributed by atoms with van der Waals surface area (Å²) in [5.41, 5.74) is 0.445. The Bertz CT molecular complexity index is 195. The first-order chi connectivity index (χ1) is 6.54. The molecule has 5 heteroatoms. The Hall–Kier alpha value is 0.00688. The van der Waals surface area contributed by atoms with Crippen molar-refractivity contribution < 1.29 is 9.53 Å². The van der Waals surface area contributed by atoms with Gasteiger partial charge >= 0.3 is 5.97 Å². The molecule has 0 radical (unpaired) electrons. The van der Waals surface area contributed by atoms with Gasteiger partial charge in [-0.15, -0.1) is 23.2 Å². The number of carbonyl (C=O) groups excluding carboxylic acids is 1. The van der Waals surface area contributed by atoms with Crippen molar-refractivity contribution in [3.8, 4) is 0 Å². The Morgan fingerprint density at radius 1 is 1.50 bits per heavy atom. The first-order valence-electron chi connectivity index (χ1n) is 4.65. The fraction of sp³-hybridized carbons (Fsp3) is 0.667. The molecule has 82 valence electrons. The first kappa shape index (κ1) is 14.0. The van der Waals surface area contributed by atoms with Gasteiger partial charge in [0.2, 0.25) is 0 Å². The minimum Gasteiger partial charge on any atom is -0.462 e. The molecule has 0 unspecified atom stereocenters. The van der Waals surface area contributed by atoms with E-state index < -0.39 is 0 Å². The molecule has 2 nitrogen and oxygen atoms in total. The lowest BCUT2D eigenvalue weighted by Gasteiger charge is -2.03. The highest BCUT2D eigenvalue weighted by Crippen LogP contribution is 2.05. The number of rotatable bonds is 7. The summed E-state index contributed by atoms with van der Waals surface area (Å²) in [7, 11) is -0.344. The third-order valence-electron chi connectivity index (χ3n) is 1.65. The Kier molecular flexibility index (Phi) is 8.33. The van der Waals surface area contributed by atoms with Gasteiger partial charge in [-0.3, -0.25) is 0 Å². The molecule has 0 aromatic carbocycles. The van der Waals surface area contributed by atoms with Gasteiger partial charge in [0, 0.05) is 5.57 Å². The van der Waals surface area contributed by atoms with Crippen molar-refractivity contribution in [3.05, 3.63) is 12.2 Å². The van der Waals surface area contributed by atoms with Crippen molar-refractivity contribution in [2.45, 2.75) is 30.3 Å². The van der Waals surface area contributed by atoms with Crippen LogP contribution in [0.2, 0.25) is 6.04 Å². The van der Waals surface area contributed by atoms with Crippen LogP contribution >= 0.6 is 23.2 Å². The van der Waals surface area contributed by atoms with Gasteiger partial charge in [-0.25, -0.2) is 4.79 Å². The molecule has 0 rings (SSSR count). The molecule has 0 aliphatic carbocycles. The molecule has 0 heterocycles. The summed E-state index contributed by atoms with van der Waals surface area (Å²) < 4.78 is 4.78. The molecule has 0 bridgehead atoms. The Morgan fingerprint density at radius 3 is 2.64 bits per heavy atom. The minimum atomic E-state index is -0.344. The average Bonchev–Trinajstić information content (AvgIpc) is 2.09. The fourth-order valence-corrected chi connectivity index (χ4v) is 2.74. The Labute approximate surface area is 97.4 Å². The number of carbonyl (C=O) groups is 1. The number of esters is 1. The maximum absolute atomic E-state index is 10.9. The summed E-state index contributed by atoms with van der Waals surface area (Å²) in [6.07, 6.45) is 1.91. The van der Waals surface area contributed by atoms with E-state index in [0.717, 1.165) is 18.9 Å². The van der Waals surface area contributed by atoms with E-state index in [1.54, 1.807) is 6.92 Å². The smallest absolute Gasteiger partial charge is 0.333 e. The normalized spacial score (nSPS) is 11.1. The lowest BCUT2D eigenvalue weighted by molar-refractivity contribution is -0.139. The largest absolute Gasteiger partial charge is 0.462 e. The van der Waals surface area contributed by atoms with Crippen LogP contribution in [0.4, 0.5) is 0 Å². The number of halogens is 2. The van der Waals surface area contributed by atoms with Crippen LogP contribution in [0, 0.1) is 0 Å². The van der Waals surface area contributed by atoms with Crippen LogP contribution in [0.1, 0.15) is 19.8 Å². The van der Waals surface area contributed by atoms with E-state index in [1.807, 2.05) is 0 Å². The highest BCUT2D eigenvalue weighted by molar-refractivity contribution is 6.68. The molecule has 0 N–H and O–H groups in total. The van der Waals surface area contributed by atoms with E-state index in [9.17, 15) is 4.79 Å². The SMILES string of the molecule is C=C(C)C(=O)OCCCC[SiH2]C(Cl)Cl. The predicted octanol–water partition coefficient (Wildman–Crippen LogP) is 2.23. The lowest BCUT2D eigenvalue weighted by Crippen LogP contribution is -2.07. The van der Waals surface area contributed by atoms with Crippen molar-refractivity contribution in [3.63, 3.8) is 0 Å². The summed E-state index contributed by atoms with van der Waals surface area (Å²) in [5.74, 6) is -0.310. The van der Waals surface area contributed by atoms with Crippen LogP contribution in [0.5, 0.6) is 0 Å². The quantitative estimate of drug-likeness (QED) is 0.229. The zero-order chi connectivity index (χ0) is 11.0. The Morgan fingerprint density at radius 2 is 2.14 bits per heavy atom. The van der Waals surface area contributed by atoms with Crippen molar-refractivity contribution in [2.75, 3.05) is 6.61 Å². The molecule has 0 fully saturated rings. The standard InChI is InChI=1S/C9H16Cl2O2Si/c1-7(2)8(12)13-5-3-4-6-14-9(10)11/h9H,1,3-6,14H2,2H3. The summed E-state index contributed by atoms with van der Waals surface area (Å²) >= 11 is 11.2. The molecular formula is C9H16Cl2O2Si. The van der Waals surface area contributed by atoms with Crippen molar-refractivity contribution >= 4 is 38.7 Å². The second-order valence-electron chi connectivity index (χ2n) is 3.16. The van der Waals surface area contributed by atoms with Gasteiger partial charge in [0.1, 0.15) is 0 Å². The number of unbranched alkanes of at least 4 members (excludes halogenated alkanes) is 1. The number of hydrogen-bond acceptors (Lipinski definition) is 2. The lowest BCUT2D eigenvalue weighted by atomic mass is 10.3. The average molecular weight is 255 g/mol. The van der Waals surface area contributed by atoms with Crippen molar-refractivity contribution in [1.82, 2.24) is 0 Å². The summed E-state index contributed by atoms with van der Waals surface area (Å²) in [4.78, 5) is 10.9. The molecule has 0 amide bonds. The van der Waals surface area contributed by atoms with E-state index in [1.165, 1.54) is 0 Å². The maximum atomic E-state index is 10.9. The van der Waals surface area contributed by atoms with Gasteiger partial charge in [0.25, 0.3) is 0 Å². The minimum absolute atomic E-state index is 0.145. The molecule has 0 atom stereocenters. The summed E-state index contributed by atoms with van der Waals surface area (Å²) in [6, 6.07) is 1.10. The van der Waals surface area contributed by atoms with Gasteiger partial charge in [-0.2, -0.15) is 0 Å². The monoisotopic (exact) mass is 254 g/mol. The van der Waals surface area contributed by atoms with Crippen LogP contribution in [-0.4, -0.2) is 26.6 Å². The molecule has 0 saturated carbocycles. The number of hydrogen-bond donors (Lipinski definition) is 0. The van der Waals surface area contributed by atoms with E-state index in [-0.39, 0.29) is 19.9 Å². The number of alkyl halides is 2. The summed E-state index contributed by atoms with van der Waals surface area (Å²) in [5, 5.41) is 0. The van der Waals surface area contributed by atoms with E-state index in [4.69, 9.17) is 27.9 Å². The molecule has 0 aromatic heterocycles. The zero-order valence-corrected chi connectivity index (χ0v) is 11.3. The van der Waals surface area contributed by atoms with Crippen LogP contribution in [0.15, 0.2) is 12.2 Å². The maximum Gasteiger partial charge on any atom is 0.333 e. The van der Waals surface area contributed by atoms with Gasteiger partial charge in [-0.1, -0.05) is 19.0 Å². The Balaban J connectivity index is 3.22. The van der Waals surface area contributed by atoms with Crippen LogP contribution in [-0.2, 0) is 9.53 Å². The first-order valence-corrected chi connectivity index (χ1v) is 7.33. The van der Waals surface area contributed by atoms with Crippen LogP contribution < -0.4 is 0 Å². The summed E-state index contributed by atoms with van der Waals surface area (Å²) in [6.45, 7) is 5.60. The van der Waals surface area contributed by atoms with Crippen molar-refractivity contribution in [2.24, 2.45) is 0 Å². The highest BCUT2D eigenvalue weighted by Gasteiger charge is 2.02. The van der Waals surface area contributed by atoms with E-state index >= 15 is 0 Å². The topological polar surface area (TPSA) is 26.3 Å². The van der Waals surface area contributed by atoms with Gasteiger partial charge in [0.15, 0.2) is 0 Å². The second-order valence-corrected chi connectivity index (χ2v) is 7.57. The molecule has 0 aromatic rings. The van der Waals surface area contributed by atoms with Gasteiger partial charge in [0.05, 0.1) is 20.6 Å².